The van der Waals surface area contributed by atoms with Crippen molar-refractivity contribution in [3.8, 4) is 11.5 Å². The largest absolute Gasteiger partial charge is 0.449 e. The highest BCUT2D eigenvalue weighted by Crippen LogP contribution is 2.44. The monoisotopic (exact) mass is 975 g/mol. The van der Waals surface area contributed by atoms with Crippen LogP contribution in [0.1, 0.15) is 246 Å². The van der Waals surface area contributed by atoms with Crippen molar-refractivity contribution in [3.05, 3.63) is 72.8 Å². The predicted octanol–water partition coefficient (Wildman–Crippen LogP) is 22.0. The predicted molar refractivity (Wildman–Crippen MR) is 301 cm³/mol. The van der Waals surface area contributed by atoms with E-state index in [0.717, 1.165) is 47.0 Å². The van der Waals surface area contributed by atoms with Gasteiger partial charge >= 0.3 is 0 Å². The first-order chi connectivity index (χ1) is 32.5. The fourth-order valence-corrected chi connectivity index (χ4v) is 11.6. The molecule has 0 fully saturated rings. The van der Waals surface area contributed by atoms with E-state index in [1.165, 1.54) is 202 Å². The van der Waals surface area contributed by atoms with Gasteiger partial charge in [0.1, 0.15) is 11.5 Å². The molecule has 0 radical (unpaired) electrons. The summed E-state index contributed by atoms with van der Waals surface area (Å²) >= 11 is 15.2. The Morgan fingerprint density at radius 3 is 0.939 bits per heavy atom. The Morgan fingerprint density at radius 2 is 0.636 bits per heavy atom. The van der Waals surface area contributed by atoms with Crippen LogP contribution >= 0.6 is 48.0 Å². The molecule has 0 saturated heterocycles. The second-order valence-corrected chi connectivity index (χ2v) is 22.3. The summed E-state index contributed by atoms with van der Waals surface area (Å²) in [5.41, 5.74) is 0. The summed E-state index contributed by atoms with van der Waals surface area (Å²) in [5, 5.41) is 1.39. The number of benzene rings is 3. The molecule has 0 heterocycles. The summed E-state index contributed by atoms with van der Waals surface area (Å²) in [6.45, 7) is 9.26. The van der Waals surface area contributed by atoms with Crippen molar-refractivity contribution >= 4 is 58.1 Å². The SMILES string of the molecule is CCCCCCCCCCCCCCCC(CC)CCC(=S)Oc1ccccc1Sc1ccccc1Sc1ccccc1OC(=S)CCC(CC)CCCCCCCCCCCCCCC. The van der Waals surface area contributed by atoms with E-state index in [0.29, 0.717) is 21.9 Å². The maximum atomic E-state index is 6.44. The maximum Gasteiger partial charge on any atom is 0.167 e. The third-order valence-electron chi connectivity index (χ3n) is 13.5. The number of thiocarbonyl (C=S) groups is 2. The van der Waals surface area contributed by atoms with Crippen LogP contribution < -0.4 is 9.47 Å². The lowest BCUT2D eigenvalue weighted by atomic mass is 9.93. The fraction of sp³-hybridized carbons (Fsp3) is 0.667. The number of para-hydroxylation sites is 2. The Bertz CT molecular complexity index is 1540. The second-order valence-electron chi connectivity index (χ2n) is 19.2. The summed E-state index contributed by atoms with van der Waals surface area (Å²) in [4.78, 5) is 4.48. The van der Waals surface area contributed by atoms with Gasteiger partial charge in [-0.1, -0.05) is 280 Å². The van der Waals surface area contributed by atoms with Gasteiger partial charge in [-0.05, 0) is 85.5 Å². The van der Waals surface area contributed by atoms with Gasteiger partial charge in [0.15, 0.2) is 10.1 Å². The molecule has 3 rings (SSSR count). The summed E-state index contributed by atoms with van der Waals surface area (Å²) < 4.78 is 12.9. The zero-order chi connectivity index (χ0) is 47.1. The van der Waals surface area contributed by atoms with Gasteiger partial charge in [-0.25, -0.2) is 0 Å². The standard InChI is InChI=1S/C60H94O2S4/c1-5-9-11-13-15-17-19-21-23-25-27-29-31-39-51(7-3)47-49-59(63)61-53-41-33-35-43-55(53)65-57-45-37-38-46-58(57)66-56-44-36-34-42-54(56)62-60(64)50-48-52(8-4)40-32-30-28-26-24-22-20-18-16-14-12-10-6-2/h33-38,41-46,51-52H,5-32,39-40,47-50H2,1-4H3. The van der Waals surface area contributed by atoms with E-state index in [9.17, 15) is 0 Å². The van der Waals surface area contributed by atoms with Gasteiger partial charge in [-0.3, -0.25) is 0 Å². The molecule has 0 aliphatic heterocycles. The Morgan fingerprint density at radius 1 is 0.364 bits per heavy atom. The minimum atomic E-state index is 0.696. The smallest absolute Gasteiger partial charge is 0.167 e. The molecule has 0 bridgehead atoms. The Hall–Kier alpha value is -1.86. The summed E-state index contributed by atoms with van der Waals surface area (Å²) in [6, 6.07) is 25.3. The minimum absolute atomic E-state index is 0.696. The summed E-state index contributed by atoms with van der Waals surface area (Å²) in [6.07, 6.45) is 45.4. The third-order valence-corrected chi connectivity index (χ3v) is 16.5. The van der Waals surface area contributed by atoms with E-state index >= 15 is 0 Å². The van der Waals surface area contributed by atoms with Crippen molar-refractivity contribution < 1.29 is 9.47 Å². The Balaban J connectivity index is 1.39. The molecule has 2 unspecified atom stereocenters. The molecule has 0 aromatic heterocycles. The molecule has 3 aromatic rings. The molecule has 370 valence electrons. The van der Waals surface area contributed by atoms with Gasteiger partial charge in [0.2, 0.25) is 0 Å². The van der Waals surface area contributed by atoms with Crippen LogP contribution in [0.4, 0.5) is 0 Å². The third kappa shape index (κ3) is 28.0. The van der Waals surface area contributed by atoms with E-state index in [-0.39, 0.29) is 0 Å². The second kappa shape index (κ2) is 39.9. The van der Waals surface area contributed by atoms with Crippen LogP contribution in [0.3, 0.4) is 0 Å². The van der Waals surface area contributed by atoms with Crippen LogP contribution in [0.2, 0.25) is 0 Å². The maximum absolute atomic E-state index is 6.44. The van der Waals surface area contributed by atoms with Crippen molar-refractivity contribution in [1.82, 2.24) is 0 Å². The van der Waals surface area contributed by atoms with Crippen LogP contribution in [-0.2, 0) is 0 Å². The van der Waals surface area contributed by atoms with Crippen LogP contribution in [-0.4, -0.2) is 10.1 Å². The zero-order valence-electron chi connectivity index (χ0n) is 42.6. The van der Waals surface area contributed by atoms with Crippen LogP contribution in [0.5, 0.6) is 11.5 Å². The first-order valence-electron chi connectivity index (χ1n) is 27.5. The highest BCUT2D eigenvalue weighted by molar-refractivity contribution is 8.02. The molecule has 0 aliphatic rings. The first kappa shape index (κ1) is 58.5. The van der Waals surface area contributed by atoms with Crippen molar-refractivity contribution in [2.24, 2.45) is 11.8 Å². The van der Waals surface area contributed by atoms with Crippen molar-refractivity contribution in [3.63, 3.8) is 0 Å². The molecule has 0 aliphatic carbocycles. The van der Waals surface area contributed by atoms with E-state index in [1.807, 2.05) is 12.1 Å². The van der Waals surface area contributed by atoms with Crippen LogP contribution in [0, 0.1) is 11.8 Å². The molecule has 2 nitrogen and oxygen atoms in total. The van der Waals surface area contributed by atoms with Gasteiger partial charge in [0, 0.05) is 22.6 Å². The summed E-state index contributed by atoms with van der Waals surface area (Å²) in [5.74, 6) is 3.10. The number of rotatable bonds is 42. The number of ether oxygens (including phenoxy) is 2. The molecule has 0 N–H and O–H groups in total. The van der Waals surface area contributed by atoms with Gasteiger partial charge in [-0.15, -0.1) is 0 Å². The normalized spacial score (nSPS) is 12.3. The molecule has 0 saturated carbocycles. The fourth-order valence-electron chi connectivity index (χ4n) is 9.09. The molecular formula is C60H94O2S4. The molecule has 6 heteroatoms. The topological polar surface area (TPSA) is 18.5 Å². The highest BCUT2D eigenvalue weighted by atomic mass is 32.2. The lowest BCUT2D eigenvalue weighted by molar-refractivity contribution is 0.408. The average molecular weight is 976 g/mol. The molecular weight excluding hydrogens is 881 g/mol. The van der Waals surface area contributed by atoms with Gasteiger partial charge in [-0.2, -0.15) is 0 Å². The number of hydrogen-bond donors (Lipinski definition) is 0. The van der Waals surface area contributed by atoms with Gasteiger partial charge in [0.25, 0.3) is 0 Å². The van der Waals surface area contributed by atoms with E-state index in [2.05, 4.69) is 88.4 Å². The lowest BCUT2D eigenvalue weighted by Gasteiger charge is -2.17. The molecule has 0 spiro atoms. The lowest BCUT2D eigenvalue weighted by Crippen LogP contribution is -2.09. The van der Waals surface area contributed by atoms with Crippen molar-refractivity contribution in [2.75, 3.05) is 0 Å². The van der Waals surface area contributed by atoms with Crippen LogP contribution in [0.25, 0.3) is 0 Å². The zero-order valence-corrected chi connectivity index (χ0v) is 45.8. The van der Waals surface area contributed by atoms with Crippen molar-refractivity contribution in [1.29, 1.82) is 0 Å². The first-order valence-corrected chi connectivity index (χ1v) is 30.0. The average Bonchev–Trinajstić information content (AvgIpc) is 3.33. The van der Waals surface area contributed by atoms with Gasteiger partial charge < -0.3 is 9.47 Å². The van der Waals surface area contributed by atoms with Crippen LogP contribution in [0.15, 0.2) is 92.4 Å². The van der Waals surface area contributed by atoms with E-state index in [4.69, 9.17) is 33.9 Å². The van der Waals surface area contributed by atoms with Gasteiger partial charge in [0.05, 0.1) is 9.79 Å². The Kier molecular flexibility index (Phi) is 35.4. The van der Waals surface area contributed by atoms with E-state index < -0.39 is 0 Å². The number of unbranched alkanes of at least 4 members (excludes halogenated alkanes) is 24. The number of hydrogen-bond acceptors (Lipinski definition) is 6. The van der Waals surface area contributed by atoms with E-state index in [1.54, 1.807) is 23.5 Å². The molecule has 3 aromatic carbocycles. The molecule has 0 amide bonds. The highest BCUT2D eigenvalue weighted by Gasteiger charge is 2.16. The summed E-state index contributed by atoms with van der Waals surface area (Å²) in [7, 11) is 0. The quantitative estimate of drug-likeness (QED) is 0.0413. The molecule has 66 heavy (non-hydrogen) atoms. The minimum Gasteiger partial charge on any atom is -0.449 e. The van der Waals surface area contributed by atoms with Crippen molar-refractivity contribution in [2.45, 2.75) is 266 Å². The molecule has 2 atom stereocenters. The Labute approximate surface area is 426 Å².